The summed E-state index contributed by atoms with van der Waals surface area (Å²) in [6.07, 6.45) is 0.571. The van der Waals surface area contributed by atoms with Gasteiger partial charge in [0, 0.05) is 30.8 Å². The third kappa shape index (κ3) is 1.93. The number of rotatable bonds is 2. The van der Waals surface area contributed by atoms with Crippen LogP contribution in [-0.2, 0) is 4.79 Å². The number of hydrogen-bond donors (Lipinski definition) is 0. The van der Waals surface area contributed by atoms with Crippen LogP contribution in [0.2, 0.25) is 0 Å². The van der Waals surface area contributed by atoms with E-state index in [9.17, 15) is 4.79 Å². The second-order valence-corrected chi connectivity index (χ2v) is 5.14. The van der Waals surface area contributed by atoms with Gasteiger partial charge >= 0.3 is 0 Å². The zero-order chi connectivity index (χ0) is 13.4. The molecule has 0 N–H and O–H groups in total. The van der Waals surface area contributed by atoms with E-state index in [-0.39, 0.29) is 11.7 Å². The predicted octanol–water partition coefficient (Wildman–Crippen LogP) is 3.88. The zero-order valence-electron chi connectivity index (χ0n) is 11.3. The predicted molar refractivity (Wildman–Crippen MR) is 78.1 cm³/mol. The Bertz CT molecular complexity index is 585. The number of para-hydroxylation sites is 2. The van der Waals surface area contributed by atoms with Gasteiger partial charge < -0.3 is 4.90 Å². The molecule has 0 saturated carbocycles. The molecule has 2 aromatic rings. The van der Waals surface area contributed by atoms with Gasteiger partial charge in [-0.05, 0) is 30.2 Å². The van der Waals surface area contributed by atoms with E-state index in [1.165, 1.54) is 22.5 Å². The molecule has 0 fully saturated rings. The highest BCUT2D eigenvalue weighted by molar-refractivity contribution is 5.82. The number of hydrogen-bond acceptors (Lipinski definition) is 2. The Hall–Kier alpha value is -2.09. The number of carbonyl (C=O) groups excluding carboxylic acids is 1. The molecule has 0 unspecified atom stereocenters. The van der Waals surface area contributed by atoms with Gasteiger partial charge in [-0.1, -0.05) is 36.4 Å². The van der Waals surface area contributed by atoms with Crippen LogP contribution in [0.4, 0.5) is 11.4 Å². The number of carbonyl (C=O) groups is 1. The molecule has 0 amide bonds. The van der Waals surface area contributed by atoms with E-state index < -0.39 is 0 Å². The summed E-state index contributed by atoms with van der Waals surface area (Å²) in [6, 6.07) is 16.7. The molecule has 3 rings (SSSR count). The molecule has 1 heterocycles. The minimum Gasteiger partial charge on any atom is -0.344 e. The Labute approximate surface area is 113 Å². The molecule has 0 atom stereocenters. The summed E-state index contributed by atoms with van der Waals surface area (Å²) in [5.41, 5.74) is 4.90. The first kappa shape index (κ1) is 12.0. The maximum Gasteiger partial charge on any atom is 0.130 e. The summed E-state index contributed by atoms with van der Waals surface area (Å²) in [5.74, 6) is 0.417. The lowest BCUT2D eigenvalue weighted by Gasteiger charge is -2.35. The lowest BCUT2D eigenvalue weighted by molar-refractivity contribution is -0.117. The maximum absolute atomic E-state index is 11.6. The van der Waals surface area contributed by atoms with Crippen LogP contribution in [0.5, 0.6) is 0 Å². The van der Waals surface area contributed by atoms with Crippen molar-refractivity contribution in [3.8, 4) is 0 Å². The van der Waals surface area contributed by atoms with Crippen LogP contribution in [0.1, 0.15) is 30.4 Å². The van der Waals surface area contributed by atoms with E-state index in [0.717, 1.165) is 0 Å². The van der Waals surface area contributed by atoms with Gasteiger partial charge in [0.2, 0.25) is 0 Å². The first-order chi connectivity index (χ1) is 9.18. The van der Waals surface area contributed by atoms with Crippen molar-refractivity contribution in [1.82, 2.24) is 0 Å². The van der Waals surface area contributed by atoms with Gasteiger partial charge in [0.05, 0.1) is 0 Å². The van der Waals surface area contributed by atoms with Crippen molar-refractivity contribution in [3.05, 3.63) is 59.7 Å². The monoisotopic (exact) mass is 251 g/mol. The standard InChI is InChI=1S/C17H17NO/c1-12(19)11-15-13-7-3-5-9-16(13)18(2)17-10-6-4-8-14(15)17/h3-10,15H,11H2,1-2H3. The number of ketones is 1. The summed E-state index contributed by atoms with van der Waals surface area (Å²) >= 11 is 0. The quantitative estimate of drug-likeness (QED) is 0.807. The summed E-state index contributed by atoms with van der Waals surface area (Å²) in [5, 5.41) is 0. The van der Waals surface area contributed by atoms with Crippen molar-refractivity contribution < 1.29 is 4.79 Å². The van der Waals surface area contributed by atoms with Crippen LogP contribution in [0.25, 0.3) is 0 Å². The fourth-order valence-corrected chi connectivity index (χ4v) is 2.98. The maximum atomic E-state index is 11.6. The molecule has 2 heteroatoms. The highest BCUT2D eigenvalue weighted by Crippen LogP contribution is 2.45. The summed E-state index contributed by atoms with van der Waals surface area (Å²) in [6.45, 7) is 1.67. The summed E-state index contributed by atoms with van der Waals surface area (Å²) in [7, 11) is 2.08. The SMILES string of the molecule is CC(=O)CC1c2ccccc2N(C)c2ccccc21. The van der Waals surface area contributed by atoms with Gasteiger partial charge in [-0.25, -0.2) is 0 Å². The second kappa shape index (κ2) is 4.54. The van der Waals surface area contributed by atoms with Crippen LogP contribution in [0, 0.1) is 0 Å². The zero-order valence-corrected chi connectivity index (χ0v) is 11.3. The first-order valence-corrected chi connectivity index (χ1v) is 6.59. The van der Waals surface area contributed by atoms with Gasteiger partial charge in [0.25, 0.3) is 0 Å². The van der Waals surface area contributed by atoms with Crippen molar-refractivity contribution >= 4 is 17.2 Å². The molecule has 19 heavy (non-hydrogen) atoms. The van der Waals surface area contributed by atoms with Gasteiger partial charge in [-0.2, -0.15) is 0 Å². The molecule has 0 aromatic heterocycles. The molecule has 2 nitrogen and oxygen atoms in total. The largest absolute Gasteiger partial charge is 0.344 e. The van der Waals surface area contributed by atoms with E-state index in [1.54, 1.807) is 6.92 Å². The molecular formula is C17H17NO. The van der Waals surface area contributed by atoms with Crippen LogP contribution >= 0.6 is 0 Å². The number of nitrogens with zero attached hydrogens (tertiary/aromatic N) is 1. The normalized spacial score (nSPS) is 13.9. The lowest BCUT2D eigenvalue weighted by Crippen LogP contribution is -2.22. The molecule has 1 aliphatic heterocycles. The highest BCUT2D eigenvalue weighted by atomic mass is 16.1. The van der Waals surface area contributed by atoms with E-state index in [0.29, 0.717) is 6.42 Å². The Balaban J connectivity index is 2.20. The van der Waals surface area contributed by atoms with Crippen LogP contribution in [0.3, 0.4) is 0 Å². The Kier molecular flexibility index (Phi) is 2.86. The Morgan fingerprint density at radius 1 is 1.00 bits per heavy atom. The summed E-state index contributed by atoms with van der Waals surface area (Å²) in [4.78, 5) is 13.8. The van der Waals surface area contributed by atoms with Gasteiger partial charge in [0.15, 0.2) is 0 Å². The minimum atomic E-state index is 0.182. The van der Waals surface area contributed by atoms with Crippen LogP contribution in [0.15, 0.2) is 48.5 Å². The number of fused-ring (bicyclic) bond motifs is 2. The molecule has 96 valence electrons. The van der Waals surface area contributed by atoms with E-state index >= 15 is 0 Å². The molecule has 2 aromatic carbocycles. The highest BCUT2D eigenvalue weighted by Gasteiger charge is 2.28. The Morgan fingerprint density at radius 2 is 1.47 bits per heavy atom. The fraction of sp³-hybridized carbons (Fsp3) is 0.235. The van der Waals surface area contributed by atoms with E-state index in [2.05, 4.69) is 36.2 Å². The molecule has 0 saturated heterocycles. The first-order valence-electron chi connectivity index (χ1n) is 6.59. The lowest BCUT2D eigenvalue weighted by atomic mass is 9.82. The molecule has 0 spiro atoms. The molecule has 0 aliphatic carbocycles. The van der Waals surface area contributed by atoms with Gasteiger partial charge in [-0.15, -0.1) is 0 Å². The number of benzene rings is 2. The van der Waals surface area contributed by atoms with Crippen molar-refractivity contribution in [2.24, 2.45) is 0 Å². The van der Waals surface area contributed by atoms with Crippen molar-refractivity contribution in [2.45, 2.75) is 19.3 Å². The topological polar surface area (TPSA) is 20.3 Å². The van der Waals surface area contributed by atoms with Crippen molar-refractivity contribution in [2.75, 3.05) is 11.9 Å². The molecule has 0 radical (unpaired) electrons. The number of anilines is 2. The Morgan fingerprint density at radius 3 is 1.95 bits per heavy atom. The second-order valence-electron chi connectivity index (χ2n) is 5.14. The van der Waals surface area contributed by atoms with E-state index in [4.69, 9.17) is 0 Å². The summed E-state index contributed by atoms with van der Waals surface area (Å²) < 4.78 is 0. The fourth-order valence-electron chi connectivity index (χ4n) is 2.98. The van der Waals surface area contributed by atoms with Gasteiger partial charge in [-0.3, -0.25) is 4.79 Å². The molecule has 0 bridgehead atoms. The van der Waals surface area contributed by atoms with Crippen molar-refractivity contribution in [3.63, 3.8) is 0 Å². The average molecular weight is 251 g/mol. The van der Waals surface area contributed by atoms with Crippen molar-refractivity contribution in [1.29, 1.82) is 0 Å². The van der Waals surface area contributed by atoms with Crippen LogP contribution < -0.4 is 4.90 Å². The third-order valence-corrected chi connectivity index (χ3v) is 3.84. The smallest absolute Gasteiger partial charge is 0.130 e. The number of Topliss-reactive ketones (excluding diaryl/α,β-unsaturated/α-hetero) is 1. The molecule has 1 aliphatic rings. The average Bonchev–Trinajstić information content (AvgIpc) is 2.43. The third-order valence-electron chi connectivity index (χ3n) is 3.84. The molecular weight excluding hydrogens is 234 g/mol. The van der Waals surface area contributed by atoms with Crippen LogP contribution in [-0.4, -0.2) is 12.8 Å². The van der Waals surface area contributed by atoms with Gasteiger partial charge in [0.1, 0.15) is 5.78 Å². The van der Waals surface area contributed by atoms with E-state index in [1.807, 2.05) is 24.3 Å². The minimum absolute atomic E-state index is 0.182.